The lowest BCUT2D eigenvalue weighted by molar-refractivity contribution is -0.105. The Morgan fingerprint density at radius 1 is 0.837 bits per heavy atom. The Morgan fingerprint density at radius 3 is 1.91 bits per heavy atom. The van der Waals surface area contributed by atoms with E-state index in [1.807, 2.05) is 114 Å². The van der Waals surface area contributed by atoms with E-state index in [9.17, 15) is 14.4 Å². The lowest BCUT2D eigenvalue weighted by Gasteiger charge is -2.35. The molecule has 0 aliphatic carbocycles. The molecule has 0 fully saturated rings. The van der Waals surface area contributed by atoms with E-state index in [4.69, 9.17) is 4.74 Å². The quantitative estimate of drug-likeness (QED) is 0.0562. The molecule has 0 aromatic heterocycles. The van der Waals surface area contributed by atoms with Crippen LogP contribution in [-0.2, 0) is 9.53 Å². The summed E-state index contributed by atoms with van der Waals surface area (Å²) in [6, 6.07) is 23.6. The highest BCUT2D eigenvalue weighted by Gasteiger charge is 2.40. The van der Waals surface area contributed by atoms with Crippen molar-refractivity contribution in [2.75, 3.05) is 24.2 Å². The zero-order valence-electron chi connectivity index (χ0n) is 26.4. The van der Waals surface area contributed by atoms with Crippen molar-refractivity contribution in [3.8, 4) is 0 Å². The molecule has 1 aliphatic rings. The molecular formula is C34H43N5O4. The van der Waals surface area contributed by atoms with Crippen molar-refractivity contribution in [1.29, 1.82) is 0 Å². The fourth-order valence-electron chi connectivity index (χ4n) is 4.63. The number of hydrazine groups is 1. The smallest absolute Gasteiger partial charge is 0.264 e. The standard InChI is InChI=1S/C30H31N5O4.2C2H6/c1-5-21(6-2)34-28(37)24-18-13-19-25(27(24)29(34)38)31-32-26(20-36)30(39-4)35(23-16-11-8-12-17-23)33(3)22-14-9-7-10-15-22;2*1-2/h7-21H,5-6H2,1-4H3;2*1-2H3/b30-26-,32-31?;;. The van der Waals surface area contributed by atoms with Crippen molar-refractivity contribution in [1.82, 2.24) is 4.90 Å². The number of nitrogens with zero attached hydrogens (tertiary/aromatic N) is 5. The number of hydrogen-bond acceptors (Lipinski definition) is 8. The minimum Gasteiger partial charge on any atom is -0.479 e. The molecule has 4 rings (SSSR count). The second-order valence-electron chi connectivity index (χ2n) is 8.87. The monoisotopic (exact) mass is 585 g/mol. The van der Waals surface area contributed by atoms with Gasteiger partial charge in [-0.2, -0.15) is 0 Å². The zero-order chi connectivity index (χ0) is 31.9. The Morgan fingerprint density at radius 2 is 1.40 bits per heavy atom. The number of ether oxygens (including phenoxy) is 1. The van der Waals surface area contributed by atoms with Gasteiger partial charge in [0.1, 0.15) is 0 Å². The number of rotatable bonds is 11. The summed E-state index contributed by atoms with van der Waals surface area (Å²) in [5.41, 5.74) is 2.12. The molecule has 3 aromatic rings. The molecule has 0 unspecified atom stereocenters. The van der Waals surface area contributed by atoms with Crippen LogP contribution in [0.1, 0.15) is 75.1 Å². The SMILES string of the molecule is CC.CC.CCC(CC)N1C(=O)c2cccc(N=N/C(C=O)=C(\OC)N(c3ccccc3)N(C)c3ccccc3)c2C1=O. The zero-order valence-corrected chi connectivity index (χ0v) is 26.4. The van der Waals surface area contributed by atoms with E-state index in [-0.39, 0.29) is 40.3 Å². The minimum atomic E-state index is -0.406. The minimum absolute atomic E-state index is 0.102. The van der Waals surface area contributed by atoms with Crippen molar-refractivity contribution in [3.63, 3.8) is 0 Å². The Labute approximate surface area is 255 Å². The summed E-state index contributed by atoms with van der Waals surface area (Å²) >= 11 is 0. The molecule has 1 heterocycles. The predicted octanol–water partition coefficient (Wildman–Crippen LogP) is 8.18. The van der Waals surface area contributed by atoms with E-state index in [0.717, 1.165) is 11.4 Å². The van der Waals surface area contributed by atoms with Crippen LogP contribution in [-0.4, -0.2) is 43.2 Å². The number of hydrogen-bond donors (Lipinski definition) is 0. The largest absolute Gasteiger partial charge is 0.479 e. The summed E-state index contributed by atoms with van der Waals surface area (Å²) in [5.74, 6) is -0.624. The topological polar surface area (TPSA) is 94.9 Å². The van der Waals surface area contributed by atoms with Crippen LogP contribution in [0.5, 0.6) is 0 Å². The van der Waals surface area contributed by atoms with Crippen LogP contribution in [0.25, 0.3) is 0 Å². The number of amides is 2. The van der Waals surface area contributed by atoms with Gasteiger partial charge in [0.25, 0.3) is 11.8 Å². The molecule has 0 saturated heterocycles. The average Bonchev–Trinajstić information content (AvgIpc) is 3.33. The van der Waals surface area contributed by atoms with Gasteiger partial charge in [0.15, 0.2) is 12.0 Å². The van der Waals surface area contributed by atoms with Crippen molar-refractivity contribution in [2.24, 2.45) is 10.2 Å². The summed E-state index contributed by atoms with van der Waals surface area (Å²) < 4.78 is 5.71. The van der Waals surface area contributed by atoms with Gasteiger partial charge in [-0.15, -0.1) is 10.2 Å². The number of carbonyl (C=O) groups is 3. The van der Waals surface area contributed by atoms with Crippen LogP contribution < -0.4 is 10.0 Å². The van der Waals surface area contributed by atoms with Crippen molar-refractivity contribution in [2.45, 2.75) is 60.4 Å². The van der Waals surface area contributed by atoms with E-state index in [2.05, 4.69) is 10.2 Å². The van der Waals surface area contributed by atoms with E-state index in [1.165, 1.54) is 12.0 Å². The fourth-order valence-corrected chi connectivity index (χ4v) is 4.63. The Balaban J connectivity index is 0.00000155. The maximum atomic E-state index is 13.3. The molecule has 0 saturated carbocycles. The van der Waals surface area contributed by atoms with Crippen molar-refractivity contribution >= 4 is 35.2 Å². The van der Waals surface area contributed by atoms with Crippen molar-refractivity contribution < 1.29 is 19.1 Å². The Bertz CT molecular complexity index is 1400. The number of fused-ring (bicyclic) bond motifs is 1. The Hall–Kier alpha value is -4.79. The third-order valence-electron chi connectivity index (χ3n) is 6.64. The van der Waals surface area contributed by atoms with Crippen molar-refractivity contribution in [3.05, 3.63) is 102 Å². The molecule has 228 valence electrons. The van der Waals surface area contributed by atoms with Gasteiger partial charge in [-0.1, -0.05) is 84.0 Å². The molecule has 0 N–H and O–H groups in total. The van der Waals surface area contributed by atoms with Gasteiger partial charge in [0, 0.05) is 13.1 Å². The van der Waals surface area contributed by atoms with E-state index >= 15 is 0 Å². The van der Waals surface area contributed by atoms with Crippen LogP contribution in [0, 0.1) is 0 Å². The van der Waals surface area contributed by atoms with Crippen LogP contribution in [0.2, 0.25) is 0 Å². The normalized spacial score (nSPS) is 12.5. The van der Waals surface area contributed by atoms with Gasteiger partial charge in [-0.05, 0) is 49.2 Å². The van der Waals surface area contributed by atoms with Crippen LogP contribution in [0.4, 0.5) is 17.1 Å². The molecule has 0 bridgehead atoms. The molecule has 0 spiro atoms. The lowest BCUT2D eigenvalue weighted by Crippen LogP contribution is -2.40. The first-order chi connectivity index (χ1) is 21.0. The third kappa shape index (κ3) is 7.54. The second-order valence-corrected chi connectivity index (χ2v) is 8.87. The number of para-hydroxylation sites is 2. The summed E-state index contributed by atoms with van der Waals surface area (Å²) in [6.45, 7) is 11.9. The first-order valence-electron chi connectivity index (χ1n) is 14.8. The molecule has 1 aliphatic heterocycles. The Kier molecular flexibility index (Phi) is 13.8. The first-order valence-corrected chi connectivity index (χ1v) is 14.8. The maximum Gasteiger partial charge on any atom is 0.264 e. The van der Waals surface area contributed by atoms with E-state index in [1.54, 1.807) is 23.2 Å². The average molecular weight is 586 g/mol. The number of carbonyl (C=O) groups excluding carboxylic acids is 3. The molecule has 2 amide bonds. The number of aldehydes is 1. The van der Waals surface area contributed by atoms with E-state index in [0.29, 0.717) is 19.1 Å². The van der Waals surface area contributed by atoms with Crippen LogP contribution >= 0.6 is 0 Å². The number of azo groups is 1. The molecule has 0 atom stereocenters. The number of methoxy groups -OCH3 is 1. The molecule has 0 radical (unpaired) electrons. The summed E-state index contributed by atoms with van der Waals surface area (Å²) in [5, 5.41) is 12.0. The van der Waals surface area contributed by atoms with Gasteiger partial charge in [-0.3, -0.25) is 24.3 Å². The fraction of sp³-hybridized carbons (Fsp3) is 0.324. The molecule has 9 nitrogen and oxygen atoms in total. The second kappa shape index (κ2) is 17.2. The van der Waals surface area contributed by atoms with Crippen LogP contribution in [0.3, 0.4) is 0 Å². The molecular weight excluding hydrogens is 542 g/mol. The van der Waals surface area contributed by atoms with Gasteiger partial charge in [-0.25, -0.2) is 5.01 Å². The van der Waals surface area contributed by atoms with Crippen LogP contribution in [0.15, 0.2) is 101 Å². The van der Waals surface area contributed by atoms with E-state index < -0.39 is 5.91 Å². The maximum absolute atomic E-state index is 13.3. The molecule has 3 aromatic carbocycles. The molecule has 9 heteroatoms. The number of benzene rings is 3. The predicted molar refractivity (Wildman–Crippen MR) is 172 cm³/mol. The van der Waals surface area contributed by atoms with Gasteiger partial charge >= 0.3 is 0 Å². The highest BCUT2D eigenvalue weighted by molar-refractivity contribution is 6.23. The highest BCUT2D eigenvalue weighted by atomic mass is 16.5. The third-order valence-corrected chi connectivity index (χ3v) is 6.64. The number of anilines is 2. The summed E-state index contributed by atoms with van der Waals surface area (Å²) in [7, 11) is 3.28. The van der Waals surface area contributed by atoms with Gasteiger partial charge < -0.3 is 4.74 Å². The number of allylic oxidation sites excluding steroid dienone is 1. The summed E-state index contributed by atoms with van der Waals surface area (Å²) in [4.78, 5) is 40.0. The lowest BCUT2D eigenvalue weighted by atomic mass is 10.1. The van der Waals surface area contributed by atoms with Gasteiger partial charge in [0.05, 0.1) is 35.3 Å². The first kappa shape index (κ1) is 34.4. The number of imide groups is 1. The van der Waals surface area contributed by atoms with Gasteiger partial charge in [0.2, 0.25) is 5.88 Å². The molecule has 43 heavy (non-hydrogen) atoms. The highest BCUT2D eigenvalue weighted by Crippen LogP contribution is 2.34. The summed E-state index contributed by atoms with van der Waals surface area (Å²) in [6.07, 6.45) is 1.85.